The maximum absolute atomic E-state index is 12.6. The summed E-state index contributed by atoms with van der Waals surface area (Å²) in [4.78, 5) is 2.33. The molecule has 0 amide bonds. The highest BCUT2D eigenvalue weighted by Crippen LogP contribution is 2.37. The molecule has 0 spiro atoms. The molecule has 112 valence electrons. The number of likely N-dealkylation sites (N-methyl/N-ethyl adjacent to an activating group) is 2. The van der Waals surface area contributed by atoms with E-state index in [0.29, 0.717) is 12.2 Å². The van der Waals surface area contributed by atoms with Crippen LogP contribution in [0.2, 0.25) is 0 Å². The molecule has 0 radical (unpaired) electrons. The number of nitrogens with zero attached hydrogens (tertiary/aromatic N) is 2. The van der Waals surface area contributed by atoms with Crippen LogP contribution < -0.4 is 5.73 Å². The molecule has 1 aromatic carbocycles. The van der Waals surface area contributed by atoms with Gasteiger partial charge in [0, 0.05) is 19.1 Å². The molecule has 0 unspecified atom stereocenters. The van der Waals surface area contributed by atoms with Crippen LogP contribution in [-0.4, -0.2) is 50.8 Å². The summed E-state index contributed by atoms with van der Waals surface area (Å²) in [6.07, 6.45) is 3.22. The van der Waals surface area contributed by atoms with Gasteiger partial charge in [0.25, 0.3) is 0 Å². The first-order chi connectivity index (χ1) is 9.29. The van der Waals surface area contributed by atoms with E-state index in [1.165, 1.54) is 4.31 Å². The highest BCUT2D eigenvalue weighted by atomic mass is 32.2. The molecular formula is C14H23N3O2S. The number of hydrogen-bond donors (Lipinski definition) is 1. The molecule has 1 fully saturated rings. The third kappa shape index (κ3) is 2.55. The zero-order chi connectivity index (χ0) is 15.0. The van der Waals surface area contributed by atoms with Gasteiger partial charge >= 0.3 is 0 Å². The van der Waals surface area contributed by atoms with E-state index < -0.39 is 10.0 Å². The first-order valence-corrected chi connectivity index (χ1v) is 8.22. The third-order valence-corrected chi connectivity index (χ3v) is 6.23. The third-order valence-electron chi connectivity index (χ3n) is 4.36. The van der Waals surface area contributed by atoms with Crippen LogP contribution in [0.15, 0.2) is 29.2 Å². The van der Waals surface area contributed by atoms with Gasteiger partial charge in [-0.2, -0.15) is 4.31 Å². The van der Waals surface area contributed by atoms with E-state index in [-0.39, 0.29) is 10.4 Å². The molecule has 0 saturated heterocycles. The Kier molecular flexibility index (Phi) is 4.09. The SMILES string of the molecule is CN(C)C1(CN(C)S(=O)(=O)c2ccccc2N)CCC1. The van der Waals surface area contributed by atoms with Gasteiger partial charge in [-0.3, -0.25) is 0 Å². The second-order valence-corrected chi connectivity index (χ2v) is 7.78. The Morgan fingerprint density at radius 2 is 1.80 bits per heavy atom. The van der Waals surface area contributed by atoms with Crippen molar-refractivity contribution < 1.29 is 8.42 Å². The van der Waals surface area contributed by atoms with E-state index in [4.69, 9.17) is 5.73 Å². The standard InChI is InChI=1S/C14H23N3O2S/c1-16(2)14(9-6-10-14)11-17(3)20(18,19)13-8-5-4-7-12(13)15/h4-5,7-8H,6,9-11,15H2,1-3H3. The van der Waals surface area contributed by atoms with Crippen LogP contribution in [0.1, 0.15) is 19.3 Å². The fraction of sp³-hybridized carbons (Fsp3) is 0.571. The van der Waals surface area contributed by atoms with Crippen molar-refractivity contribution in [2.75, 3.05) is 33.4 Å². The largest absolute Gasteiger partial charge is 0.398 e. The molecule has 1 saturated carbocycles. The predicted octanol–water partition coefficient (Wildman–Crippen LogP) is 1.37. The molecule has 0 atom stereocenters. The number of nitrogen functional groups attached to an aromatic ring is 1. The molecule has 0 heterocycles. The quantitative estimate of drug-likeness (QED) is 0.834. The van der Waals surface area contributed by atoms with Crippen LogP contribution in [0.4, 0.5) is 5.69 Å². The summed E-state index contributed by atoms with van der Waals surface area (Å²) in [5.41, 5.74) is 6.06. The van der Waals surface area contributed by atoms with Crippen molar-refractivity contribution in [3.63, 3.8) is 0 Å². The topological polar surface area (TPSA) is 66.6 Å². The second kappa shape index (κ2) is 5.35. The Balaban J connectivity index is 2.24. The molecule has 6 heteroatoms. The Bertz CT molecular complexity index is 580. The van der Waals surface area contributed by atoms with Crippen LogP contribution in [0.25, 0.3) is 0 Å². The molecule has 0 bridgehead atoms. The summed E-state index contributed by atoms with van der Waals surface area (Å²) in [5, 5.41) is 0. The lowest BCUT2D eigenvalue weighted by atomic mass is 9.75. The Labute approximate surface area is 121 Å². The highest BCUT2D eigenvalue weighted by Gasteiger charge is 2.42. The fourth-order valence-electron chi connectivity index (χ4n) is 2.71. The minimum Gasteiger partial charge on any atom is -0.398 e. The smallest absolute Gasteiger partial charge is 0.244 e. The van der Waals surface area contributed by atoms with Gasteiger partial charge in [0.2, 0.25) is 10.0 Å². The fourth-order valence-corrected chi connectivity index (χ4v) is 4.08. The average Bonchev–Trinajstić information content (AvgIpc) is 2.33. The zero-order valence-corrected chi connectivity index (χ0v) is 13.2. The molecule has 0 aliphatic heterocycles. The molecule has 0 aromatic heterocycles. The van der Waals surface area contributed by atoms with Crippen molar-refractivity contribution >= 4 is 15.7 Å². The summed E-state index contributed by atoms with van der Waals surface area (Å²) in [5.74, 6) is 0. The van der Waals surface area contributed by atoms with Crippen LogP contribution >= 0.6 is 0 Å². The predicted molar refractivity (Wildman–Crippen MR) is 80.9 cm³/mol. The van der Waals surface area contributed by atoms with Crippen molar-refractivity contribution in [3.05, 3.63) is 24.3 Å². The molecule has 1 aliphatic rings. The maximum atomic E-state index is 12.6. The van der Waals surface area contributed by atoms with Gasteiger partial charge in [-0.05, 0) is 45.5 Å². The first kappa shape index (κ1) is 15.3. The van der Waals surface area contributed by atoms with Crippen molar-refractivity contribution in [2.45, 2.75) is 29.7 Å². The van der Waals surface area contributed by atoms with Gasteiger partial charge < -0.3 is 10.6 Å². The monoisotopic (exact) mass is 297 g/mol. The van der Waals surface area contributed by atoms with Gasteiger partial charge in [-0.25, -0.2) is 8.42 Å². The van der Waals surface area contributed by atoms with E-state index in [1.807, 2.05) is 14.1 Å². The summed E-state index contributed by atoms with van der Waals surface area (Å²) < 4.78 is 26.7. The number of sulfonamides is 1. The van der Waals surface area contributed by atoms with Gasteiger partial charge in [0.15, 0.2) is 0 Å². The molecule has 5 nitrogen and oxygen atoms in total. The highest BCUT2D eigenvalue weighted by molar-refractivity contribution is 7.89. The molecule has 1 aromatic rings. The molecule has 2 N–H and O–H groups in total. The minimum atomic E-state index is -3.53. The lowest BCUT2D eigenvalue weighted by Crippen LogP contribution is -2.57. The summed E-state index contributed by atoms with van der Waals surface area (Å²) in [6, 6.07) is 6.61. The Hall–Kier alpha value is -1.11. The van der Waals surface area contributed by atoms with Crippen molar-refractivity contribution in [1.29, 1.82) is 0 Å². The van der Waals surface area contributed by atoms with E-state index in [2.05, 4.69) is 4.90 Å². The molecule has 1 aliphatic carbocycles. The minimum absolute atomic E-state index is 0.0363. The second-order valence-electron chi connectivity index (χ2n) is 5.77. The Morgan fingerprint density at radius 3 is 2.25 bits per heavy atom. The first-order valence-electron chi connectivity index (χ1n) is 6.78. The van der Waals surface area contributed by atoms with Crippen molar-refractivity contribution in [3.8, 4) is 0 Å². The molecule has 20 heavy (non-hydrogen) atoms. The van der Waals surface area contributed by atoms with E-state index in [9.17, 15) is 8.42 Å². The lowest BCUT2D eigenvalue weighted by molar-refractivity contribution is 0.0455. The maximum Gasteiger partial charge on any atom is 0.244 e. The normalized spacial score (nSPS) is 18.2. The Morgan fingerprint density at radius 1 is 1.20 bits per heavy atom. The van der Waals surface area contributed by atoms with Gasteiger partial charge in [-0.1, -0.05) is 12.1 Å². The number of benzene rings is 1. The average molecular weight is 297 g/mol. The number of para-hydroxylation sites is 1. The molecular weight excluding hydrogens is 274 g/mol. The van der Waals surface area contributed by atoms with E-state index in [0.717, 1.165) is 19.3 Å². The van der Waals surface area contributed by atoms with E-state index in [1.54, 1.807) is 31.3 Å². The number of rotatable bonds is 5. The van der Waals surface area contributed by atoms with Crippen molar-refractivity contribution in [1.82, 2.24) is 9.21 Å². The van der Waals surface area contributed by atoms with Gasteiger partial charge in [0.1, 0.15) is 4.90 Å². The van der Waals surface area contributed by atoms with Gasteiger partial charge in [0.05, 0.1) is 5.69 Å². The number of nitrogens with two attached hydrogens (primary N) is 1. The molecule has 2 rings (SSSR count). The van der Waals surface area contributed by atoms with Crippen LogP contribution in [0.3, 0.4) is 0 Å². The summed E-state index contributed by atoms with van der Waals surface area (Å²) in [6.45, 7) is 0.497. The van der Waals surface area contributed by atoms with Crippen LogP contribution in [-0.2, 0) is 10.0 Å². The zero-order valence-electron chi connectivity index (χ0n) is 12.3. The van der Waals surface area contributed by atoms with Gasteiger partial charge in [-0.15, -0.1) is 0 Å². The van der Waals surface area contributed by atoms with E-state index >= 15 is 0 Å². The lowest BCUT2D eigenvalue weighted by Gasteiger charge is -2.48. The number of anilines is 1. The van der Waals surface area contributed by atoms with Crippen LogP contribution in [0, 0.1) is 0 Å². The summed E-state index contributed by atoms with van der Waals surface area (Å²) >= 11 is 0. The summed E-state index contributed by atoms with van der Waals surface area (Å²) in [7, 11) is 2.12. The van der Waals surface area contributed by atoms with Crippen LogP contribution in [0.5, 0.6) is 0 Å². The number of hydrogen-bond acceptors (Lipinski definition) is 4. The van der Waals surface area contributed by atoms with Crippen molar-refractivity contribution in [2.24, 2.45) is 0 Å².